The molecule has 0 aromatic heterocycles. The van der Waals surface area contributed by atoms with Gasteiger partial charge in [0.1, 0.15) is 11.6 Å². The fraction of sp³-hybridized carbons (Fsp3) is 0.417. The molecule has 0 saturated heterocycles. The Morgan fingerprint density at radius 3 is 2.68 bits per heavy atom. The van der Waals surface area contributed by atoms with Gasteiger partial charge in [0.25, 0.3) is 0 Å². The van der Waals surface area contributed by atoms with Gasteiger partial charge in [-0.05, 0) is 12.1 Å². The zero-order valence-corrected chi connectivity index (χ0v) is 11.6. The second kappa shape index (κ2) is 8.68. The van der Waals surface area contributed by atoms with Gasteiger partial charge in [-0.1, -0.05) is 0 Å². The molecular formula is C12H18ClFN2O3. The number of anilines is 1. The maximum atomic E-state index is 13.0. The van der Waals surface area contributed by atoms with Gasteiger partial charge >= 0.3 is 0 Å². The maximum Gasteiger partial charge on any atom is 0.227 e. The van der Waals surface area contributed by atoms with Crippen molar-refractivity contribution in [3.05, 3.63) is 24.0 Å². The third-order valence-corrected chi connectivity index (χ3v) is 2.45. The Morgan fingerprint density at radius 1 is 1.47 bits per heavy atom. The summed E-state index contributed by atoms with van der Waals surface area (Å²) in [5.74, 6) is -0.427. The standard InChI is InChI=1S/C12H17FN2O3.ClH/c1-17-9(7-14)6-12(16)15-10-4-3-8(13)5-11(10)18-2;/h3-5,9H,6-7,14H2,1-2H3,(H,15,16);1H. The van der Waals surface area contributed by atoms with Gasteiger partial charge < -0.3 is 20.5 Å². The average Bonchev–Trinajstić information content (AvgIpc) is 2.38. The van der Waals surface area contributed by atoms with Crippen LogP contribution in [0.3, 0.4) is 0 Å². The van der Waals surface area contributed by atoms with Gasteiger partial charge in [0, 0.05) is 19.7 Å². The lowest BCUT2D eigenvalue weighted by Gasteiger charge is -2.14. The second-order valence-electron chi connectivity index (χ2n) is 3.69. The number of benzene rings is 1. The van der Waals surface area contributed by atoms with Crippen LogP contribution in [0.2, 0.25) is 0 Å². The molecule has 1 atom stereocenters. The number of carbonyl (C=O) groups excluding carboxylic acids is 1. The summed E-state index contributed by atoms with van der Waals surface area (Å²) in [4.78, 5) is 11.7. The molecule has 3 N–H and O–H groups in total. The highest BCUT2D eigenvalue weighted by Crippen LogP contribution is 2.25. The third-order valence-electron chi connectivity index (χ3n) is 2.45. The molecule has 0 aliphatic carbocycles. The summed E-state index contributed by atoms with van der Waals surface area (Å²) in [7, 11) is 2.89. The van der Waals surface area contributed by atoms with Gasteiger partial charge in [0.15, 0.2) is 0 Å². The number of rotatable bonds is 6. The van der Waals surface area contributed by atoms with Crippen molar-refractivity contribution in [2.75, 3.05) is 26.1 Å². The van der Waals surface area contributed by atoms with Gasteiger partial charge in [0.05, 0.1) is 25.3 Å². The van der Waals surface area contributed by atoms with Crippen molar-refractivity contribution in [2.24, 2.45) is 5.73 Å². The first kappa shape index (κ1) is 17.6. The summed E-state index contributed by atoms with van der Waals surface area (Å²) in [5.41, 5.74) is 5.83. The minimum absolute atomic E-state index is 0. The molecule has 0 radical (unpaired) electrons. The monoisotopic (exact) mass is 292 g/mol. The number of ether oxygens (including phenoxy) is 2. The van der Waals surface area contributed by atoms with Gasteiger partial charge in [-0.3, -0.25) is 4.79 Å². The lowest BCUT2D eigenvalue weighted by molar-refractivity contribution is -0.118. The van der Waals surface area contributed by atoms with Crippen molar-refractivity contribution in [2.45, 2.75) is 12.5 Å². The van der Waals surface area contributed by atoms with Crippen LogP contribution in [0.15, 0.2) is 18.2 Å². The Bertz CT molecular complexity index is 414. The highest BCUT2D eigenvalue weighted by atomic mass is 35.5. The topological polar surface area (TPSA) is 73.6 Å². The van der Waals surface area contributed by atoms with E-state index >= 15 is 0 Å². The van der Waals surface area contributed by atoms with E-state index < -0.39 is 5.82 Å². The largest absolute Gasteiger partial charge is 0.494 e. The molecule has 7 heteroatoms. The SMILES string of the molecule is COc1cc(F)ccc1NC(=O)CC(CN)OC.Cl. The molecule has 0 aliphatic rings. The van der Waals surface area contributed by atoms with E-state index in [-0.39, 0.29) is 43.1 Å². The normalized spacial score (nSPS) is 11.4. The predicted octanol–water partition coefficient (Wildman–Crippen LogP) is 1.56. The number of amides is 1. The van der Waals surface area contributed by atoms with Crippen LogP contribution in [0.25, 0.3) is 0 Å². The van der Waals surface area contributed by atoms with Gasteiger partial charge in [-0.2, -0.15) is 0 Å². The van der Waals surface area contributed by atoms with E-state index in [0.29, 0.717) is 5.69 Å². The van der Waals surface area contributed by atoms with Crippen molar-refractivity contribution in [1.29, 1.82) is 0 Å². The first-order valence-electron chi connectivity index (χ1n) is 5.47. The van der Waals surface area contributed by atoms with Crippen LogP contribution >= 0.6 is 12.4 Å². The van der Waals surface area contributed by atoms with E-state index in [2.05, 4.69) is 5.32 Å². The highest BCUT2D eigenvalue weighted by Gasteiger charge is 2.13. The number of carbonyl (C=O) groups is 1. The van der Waals surface area contributed by atoms with Crippen molar-refractivity contribution >= 4 is 24.0 Å². The number of nitrogens with two attached hydrogens (primary N) is 1. The summed E-state index contributed by atoms with van der Waals surface area (Å²) in [5, 5.41) is 2.62. The van der Waals surface area contributed by atoms with Gasteiger partial charge in [0.2, 0.25) is 5.91 Å². The van der Waals surface area contributed by atoms with Crippen molar-refractivity contribution in [3.63, 3.8) is 0 Å². The second-order valence-corrected chi connectivity index (χ2v) is 3.69. The quantitative estimate of drug-likeness (QED) is 0.834. The van der Waals surface area contributed by atoms with Crippen LogP contribution in [-0.2, 0) is 9.53 Å². The molecule has 0 spiro atoms. The Labute approximate surface area is 117 Å². The molecule has 0 fully saturated rings. The fourth-order valence-electron chi connectivity index (χ4n) is 1.44. The molecule has 0 bridgehead atoms. The molecular weight excluding hydrogens is 275 g/mol. The summed E-state index contributed by atoms with van der Waals surface area (Å²) in [6, 6.07) is 3.89. The average molecular weight is 293 g/mol. The number of hydrogen-bond acceptors (Lipinski definition) is 4. The minimum atomic E-state index is -0.429. The van der Waals surface area contributed by atoms with E-state index in [1.54, 1.807) is 0 Å². The molecule has 1 aromatic rings. The number of methoxy groups -OCH3 is 2. The van der Waals surface area contributed by atoms with Crippen LogP contribution < -0.4 is 15.8 Å². The molecule has 19 heavy (non-hydrogen) atoms. The molecule has 1 rings (SSSR count). The Kier molecular flexibility index (Phi) is 8.06. The summed E-state index contributed by atoms with van der Waals surface area (Å²) in [6.45, 7) is 0.254. The molecule has 1 amide bonds. The summed E-state index contributed by atoms with van der Waals surface area (Å²) >= 11 is 0. The zero-order chi connectivity index (χ0) is 13.5. The molecule has 5 nitrogen and oxygen atoms in total. The smallest absolute Gasteiger partial charge is 0.227 e. The van der Waals surface area contributed by atoms with E-state index in [1.165, 1.54) is 32.4 Å². The van der Waals surface area contributed by atoms with E-state index in [0.717, 1.165) is 0 Å². The van der Waals surface area contributed by atoms with E-state index in [9.17, 15) is 9.18 Å². The number of hydrogen-bond donors (Lipinski definition) is 2. The first-order chi connectivity index (χ1) is 8.60. The highest BCUT2D eigenvalue weighted by molar-refractivity contribution is 5.92. The van der Waals surface area contributed by atoms with Crippen LogP contribution in [0.5, 0.6) is 5.75 Å². The Hall–Kier alpha value is -1.37. The molecule has 0 saturated carbocycles. The number of halogens is 2. The maximum absolute atomic E-state index is 13.0. The molecule has 1 unspecified atom stereocenters. The van der Waals surface area contributed by atoms with Crippen LogP contribution in [0.4, 0.5) is 10.1 Å². The molecule has 1 aromatic carbocycles. The minimum Gasteiger partial charge on any atom is -0.494 e. The van der Waals surface area contributed by atoms with Crippen LogP contribution in [-0.4, -0.2) is 32.8 Å². The van der Waals surface area contributed by atoms with Crippen molar-refractivity contribution in [1.82, 2.24) is 0 Å². The van der Waals surface area contributed by atoms with E-state index in [1.807, 2.05) is 0 Å². The van der Waals surface area contributed by atoms with Gasteiger partial charge in [-0.15, -0.1) is 12.4 Å². The summed E-state index contributed by atoms with van der Waals surface area (Å²) in [6.07, 6.45) is -0.204. The van der Waals surface area contributed by atoms with E-state index in [4.69, 9.17) is 15.2 Å². The van der Waals surface area contributed by atoms with Crippen molar-refractivity contribution in [3.8, 4) is 5.75 Å². The van der Waals surface area contributed by atoms with Gasteiger partial charge in [-0.25, -0.2) is 4.39 Å². The number of nitrogens with one attached hydrogen (secondary N) is 1. The Morgan fingerprint density at radius 2 is 2.16 bits per heavy atom. The first-order valence-corrected chi connectivity index (χ1v) is 5.47. The molecule has 0 aliphatic heterocycles. The third kappa shape index (κ3) is 5.42. The predicted molar refractivity (Wildman–Crippen MR) is 73.3 cm³/mol. The fourth-order valence-corrected chi connectivity index (χ4v) is 1.44. The zero-order valence-electron chi connectivity index (χ0n) is 10.8. The van der Waals surface area contributed by atoms with Crippen LogP contribution in [0, 0.1) is 5.82 Å². The lowest BCUT2D eigenvalue weighted by Crippen LogP contribution is -2.28. The lowest BCUT2D eigenvalue weighted by atomic mass is 10.2. The molecule has 0 heterocycles. The van der Waals surface area contributed by atoms with Crippen molar-refractivity contribution < 1.29 is 18.7 Å². The Balaban J connectivity index is 0.00000324. The summed E-state index contributed by atoms with van der Waals surface area (Å²) < 4.78 is 22.9. The van der Waals surface area contributed by atoms with Crippen LogP contribution in [0.1, 0.15) is 6.42 Å². The molecule has 108 valence electrons.